The van der Waals surface area contributed by atoms with Gasteiger partial charge in [0, 0.05) is 30.2 Å². The predicted molar refractivity (Wildman–Crippen MR) is 108 cm³/mol. The summed E-state index contributed by atoms with van der Waals surface area (Å²) in [5.74, 6) is 1.38. The van der Waals surface area contributed by atoms with Crippen molar-refractivity contribution in [3.05, 3.63) is 65.6 Å². The van der Waals surface area contributed by atoms with Crippen molar-refractivity contribution in [2.75, 3.05) is 20.2 Å². The number of aromatic amines is 1. The second-order valence-electron chi connectivity index (χ2n) is 6.22. The van der Waals surface area contributed by atoms with Gasteiger partial charge in [0.1, 0.15) is 11.6 Å². The molecule has 3 aromatic rings. The molecule has 1 heterocycles. The van der Waals surface area contributed by atoms with Gasteiger partial charge in [0.2, 0.25) is 0 Å². The number of nitrogens with one attached hydrogen (secondary N) is 3. The average Bonchev–Trinajstić information content (AvgIpc) is 3.08. The van der Waals surface area contributed by atoms with Crippen LogP contribution in [0.15, 0.2) is 53.7 Å². The molecule has 0 fully saturated rings. The van der Waals surface area contributed by atoms with E-state index in [0.29, 0.717) is 13.1 Å². The molecule has 0 aliphatic heterocycles. The van der Waals surface area contributed by atoms with E-state index in [1.807, 2.05) is 37.4 Å². The van der Waals surface area contributed by atoms with Crippen LogP contribution >= 0.6 is 0 Å². The highest BCUT2D eigenvalue weighted by molar-refractivity contribution is 5.83. The van der Waals surface area contributed by atoms with Gasteiger partial charge in [-0.3, -0.25) is 0 Å². The number of aliphatic imine (C=N–C) groups is 1. The van der Waals surface area contributed by atoms with E-state index < -0.39 is 0 Å². The van der Waals surface area contributed by atoms with E-state index >= 15 is 0 Å². The van der Waals surface area contributed by atoms with Gasteiger partial charge in [-0.05, 0) is 54.8 Å². The van der Waals surface area contributed by atoms with Crippen LogP contribution in [0.5, 0.6) is 5.75 Å². The first-order chi connectivity index (χ1) is 13.2. The van der Waals surface area contributed by atoms with Gasteiger partial charge in [-0.25, -0.2) is 9.38 Å². The molecular formula is C21H25FN4O. The van der Waals surface area contributed by atoms with Crippen molar-refractivity contribution in [1.82, 2.24) is 15.6 Å². The fraction of sp³-hybridized carbons (Fsp3) is 0.286. The Morgan fingerprint density at radius 3 is 2.70 bits per heavy atom. The third kappa shape index (κ3) is 5.00. The highest BCUT2D eigenvalue weighted by atomic mass is 19.1. The average molecular weight is 368 g/mol. The molecule has 0 bridgehead atoms. The topological polar surface area (TPSA) is 61.4 Å². The van der Waals surface area contributed by atoms with E-state index in [2.05, 4.69) is 20.6 Å². The lowest BCUT2D eigenvalue weighted by molar-refractivity contribution is 0.414. The van der Waals surface area contributed by atoms with Crippen molar-refractivity contribution in [3.63, 3.8) is 0 Å². The maximum atomic E-state index is 13.5. The second kappa shape index (κ2) is 9.07. The smallest absolute Gasteiger partial charge is 0.191 e. The number of hydrogen-bond donors (Lipinski definition) is 3. The number of methoxy groups -OCH3 is 1. The Labute approximate surface area is 158 Å². The Morgan fingerprint density at radius 2 is 1.96 bits per heavy atom. The number of halogens is 1. The molecule has 0 aliphatic rings. The van der Waals surface area contributed by atoms with Crippen molar-refractivity contribution in [2.45, 2.75) is 19.9 Å². The number of fused-ring (bicyclic) bond motifs is 1. The molecule has 0 atom stereocenters. The third-order valence-corrected chi connectivity index (χ3v) is 4.34. The van der Waals surface area contributed by atoms with Gasteiger partial charge in [0.15, 0.2) is 5.96 Å². The van der Waals surface area contributed by atoms with Crippen molar-refractivity contribution in [3.8, 4) is 5.75 Å². The number of H-pyrrole nitrogens is 1. The summed E-state index contributed by atoms with van der Waals surface area (Å²) in [6.07, 6.45) is 2.71. The van der Waals surface area contributed by atoms with E-state index in [4.69, 9.17) is 4.74 Å². The van der Waals surface area contributed by atoms with Gasteiger partial charge >= 0.3 is 0 Å². The molecule has 0 aliphatic carbocycles. The Balaban J connectivity index is 1.59. The van der Waals surface area contributed by atoms with Gasteiger partial charge in [0.05, 0.1) is 13.7 Å². The molecule has 27 heavy (non-hydrogen) atoms. The molecule has 1 aromatic heterocycles. The minimum Gasteiger partial charge on any atom is -0.497 e. The summed E-state index contributed by atoms with van der Waals surface area (Å²) >= 11 is 0. The fourth-order valence-corrected chi connectivity index (χ4v) is 2.92. The summed E-state index contributed by atoms with van der Waals surface area (Å²) in [6.45, 7) is 4.11. The molecule has 6 heteroatoms. The standard InChI is InChI=1S/C21H25FN4O/c1-3-23-21(26-13-15-4-7-18(27-2)8-5-15)24-11-10-16-14-25-20-9-6-17(22)12-19(16)20/h4-9,12,14,25H,3,10-11,13H2,1-2H3,(H2,23,24,26). The number of benzene rings is 2. The Hall–Kier alpha value is -3.02. The molecule has 0 unspecified atom stereocenters. The summed E-state index contributed by atoms with van der Waals surface area (Å²) in [5.41, 5.74) is 3.15. The normalized spacial score (nSPS) is 11.6. The zero-order valence-electron chi connectivity index (χ0n) is 15.7. The maximum Gasteiger partial charge on any atom is 0.191 e. The van der Waals surface area contributed by atoms with Gasteiger partial charge in [-0.15, -0.1) is 0 Å². The summed E-state index contributed by atoms with van der Waals surface area (Å²) < 4.78 is 18.7. The van der Waals surface area contributed by atoms with Gasteiger partial charge in [0.25, 0.3) is 0 Å². The molecule has 0 saturated heterocycles. The number of hydrogen-bond acceptors (Lipinski definition) is 2. The number of nitrogens with zero attached hydrogens (tertiary/aromatic N) is 1. The van der Waals surface area contributed by atoms with E-state index in [9.17, 15) is 4.39 Å². The van der Waals surface area contributed by atoms with Crippen LogP contribution in [0.2, 0.25) is 0 Å². The number of ether oxygens (including phenoxy) is 1. The fourth-order valence-electron chi connectivity index (χ4n) is 2.92. The Bertz CT molecular complexity index is 902. The summed E-state index contributed by atoms with van der Waals surface area (Å²) in [4.78, 5) is 7.80. The number of aromatic nitrogens is 1. The van der Waals surface area contributed by atoms with Crippen LogP contribution in [-0.2, 0) is 13.0 Å². The molecule has 142 valence electrons. The Kier molecular flexibility index (Phi) is 6.30. The van der Waals surface area contributed by atoms with E-state index in [0.717, 1.165) is 46.7 Å². The maximum absolute atomic E-state index is 13.5. The molecule has 2 aromatic carbocycles. The van der Waals surface area contributed by atoms with Crippen LogP contribution in [-0.4, -0.2) is 31.1 Å². The predicted octanol–water partition coefficient (Wildman–Crippen LogP) is 3.61. The van der Waals surface area contributed by atoms with Gasteiger partial charge in [-0.2, -0.15) is 0 Å². The number of guanidine groups is 1. The first-order valence-electron chi connectivity index (χ1n) is 9.10. The minimum absolute atomic E-state index is 0.217. The highest BCUT2D eigenvalue weighted by Crippen LogP contribution is 2.19. The van der Waals surface area contributed by atoms with Gasteiger partial charge < -0.3 is 20.4 Å². The van der Waals surface area contributed by atoms with Crippen LogP contribution in [0.3, 0.4) is 0 Å². The highest BCUT2D eigenvalue weighted by Gasteiger charge is 2.05. The molecule has 5 nitrogen and oxygen atoms in total. The number of rotatable bonds is 7. The lowest BCUT2D eigenvalue weighted by Crippen LogP contribution is -2.38. The molecule has 0 spiro atoms. The zero-order valence-corrected chi connectivity index (χ0v) is 15.7. The quantitative estimate of drug-likeness (QED) is 0.441. The first kappa shape index (κ1) is 18.8. The van der Waals surface area contributed by atoms with E-state index in [-0.39, 0.29) is 5.82 Å². The summed E-state index contributed by atoms with van der Waals surface area (Å²) in [7, 11) is 1.66. The van der Waals surface area contributed by atoms with Crippen molar-refractivity contribution < 1.29 is 9.13 Å². The third-order valence-electron chi connectivity index (χ3n) is 4.34. The van der Waals surface area contributed by atoms with Crippen molar-refractivity contribution in [1.29, 1.82) is 0 Å². The second-order valence-corrected chi connectivity index (χ2v) is 6.22. The molecule has 3 N–H and O–H groups in total. The van der Waals surface area contributed by atoms with Crippen molar-refractivity contribution >= 4 is 16.9 Å². The lowest BCUT2D eigenvalue weighted by atomic mass is 10.1. The molecule has 0 amide bonds. The molecule has 0 saturated carbocycles. The minimum atomic E-state index is -0.217. The van der Waals surface area contributed by atoms with Crippen LogP contribution in [0.1, 0.15) is 18.1 Å². The zero-order chi connectivity index (χ0) is 19.1. The first-order valence-corrected chi connectivity index (χ1v) is 9.10. The monoisotopic (exact) mass is 368 g/mol. The SMILES string of the molecule is CCNC(=NCc1ccc(OC)cc1)NCCc1c[nH]c2ccc(F)cc12. The van der Waals surface area contributed by atoms with Crippen LogP contribution < -0.4 is 15.4 Å². The summed E-state index contributed by atoms with van der Waals surface area (Å²) in [5, 5.41) is 7.51. The molecule has 0 radical (unpaired) electrons. The summed E-state index contributed by atoms with van der Waals surface area (Å²) in [6, 6.07) is 12.7. The van der Waals surface area contributed by atoms with Crippen LogP contribution in [0, 0.1) is 5.82 Å². The van der Waals surface area contributed by atoms with Crippen molar-refractivity contribution in [2.24, 2.45) is 4.99 Å². The van der Waals surface area contributed by atoms with Crippen LogP contribution in [0.4, 0.5) is 4.39 Å². The van der Waals surface area contributed by atoms with Crippen LogP contribution in [0.25, 0.3) is 10.9 Å². The largest absolute Gasteiger partial charge is 0.497 e. The molecular weight excluding hydrogens is 343 g/mol. The molecule has 3 rings (SSSR count). The Morgan fingerprint density at radius 1 is 1.15 bits per heavy atom. The van der Waals surface area contributed by atoms with Gasteiger partial charge in [-0.1, -0.05) is 12.1 Å². The van der Waals surface area contributed by atoms with E-state index in [1.54, 1.807) is 19.2 Å². The van der Waals surface area contributed by atoms with E-state index in [1.165, 1.54) is 6.07 Å². The lowest BCUT2D eigenvalue weighted by Gasteiger charge is -2.11.